The van der Waals surface area contributed by atoms with E-state index in [-0.39, 0.29) is 18.1 Å². The van der Waals surface area contributed by atoms with Gasteiger partial charge in [0, 0.05) is 36.2 Å². The molecule has 1 N–H and O–H groups in total. The third kappa shape index (κ3) is 3.83. The number of hydrogen-bond donors (Lipinski definition) is 1. The van der Waals surface area contributed by atoms with E-state index in [2.05, 4.69) is 10.4 Å². The molecule has 0 aliphatic heterocycles. The summed E-state index contributed by atoms with van der Waals surface area (Å²) in [6.45, 7) is 6.67. The molecule has 0 radical (unpaired) electrons. The van der Waals surface area contributed by atoms with Crippen LogP contribution in [0, 0.1) is 26.6 Å². The fourth-order valence-electron chi connectivity index (χ4n) is 3.19. The number of benzene rings is 1. The van der Waals surface area contributed by atoms with Crippen LogP contribution in [-0.4, -0.2) is 40.8 Å². The van der Waals surface area contributed by atoms with E-state index in [4.69, 9.17) is 9.72 Å². The molecule has 3 rings (SSSR count). The Balaban J connectivity index is 2.00. The molecule has 27 heavy (non-hydrogen) atoms. The van der Waals surface area contributed by atoms with Gasteiger partial charge in [0.25, 0.3) is 0 Å². The number of carbonyl (C=O) groups excluding carboxylic acids is 1. The Hall–Kier alpha value is -2.80. The summed E-state index contributed by atoms with van der Waals surface area (Å²) < 4.78 is 20.0. The number of aryl methyl sites for hydroxylation is 3. The SMILES string of the molecule is COCCNC(=O)Cc1c(C)nc2c(-c3ccc(F)cc3)c(C)nn2c1C. The van der Waals surface area contributed by atoms with Gasteiger partial charge in [-0.1, -0.05) is 12.1 Å². The van der Waals surface area contributed by atoms with Gasteiger partial charge in [-0.25, -0.2) is 13.9 Å². The summed E-state index contributed by atoms with van der Waals surface area (Å²) in [4.78, 5) is 16.9. The van der Waals surface area contributed by atoms with E-state index in [1.54, 1.807) is 23.8 Å². The Labute approximate surface area is 157 Å². The van der Waals surface area contributed by atoms with Crippen molar-refractivity contribution in [1.29, 1.82) is 0 Å². The molecular weight excluding hydrogens is 347 g/mol. The maximum Gasteiger partial charge on any atom is 0.224 e. The molecule has 0 spiro atoms. The van der Waals surface area contributed by atoms with Gasteiger partial charge in [0.1, 0.15) is 5.82 Å². The van der Waals surface area contributed by atoms with Crippen LogP contribution in [0.25, 0.3) is 16.8 Å². The molecule has 2 aromatic heterocycles. The van der Waals surface area contributed by atoms with Crippen LogP contribution in [0.5, 0.6) is 0 Å². The maximum absolute atomic E-state index is 13.3. The zero-order chi connectivity index (χ0) is 19.6. The summed E-state index contributed by atoms with van der Waals surface area (Å²) in [5.74, 6) is -0.364. The van der Waals surface area contributed by atoms with Crippen LogP contribution in [0.15, 0.2) is 24.3 Å². The Bertz CT molecular complexity index is 980. The van der Waals surface area contributed by atoms with Crippen LogP contribution in [0.3, 0.4) is 0 Å². The second-order valence-electron chi connectivity index (χ2n) is 6.48. The highest BCUT2D eigenvalue weighted by atomic mass is 19.1. The highest BCUT2D eigenvalue weighted by Crippen LogP contribution is 2.29. The van der Waals surface area contributed by atoms with E-state index >= 15 is 0 Å². The lowest BCUT2D eigenvalue weighted by molar-refractivity contribution is -0.120. The number of nitrogens with one attached hydrogen (secondary N) is 1. The minimum absolute atomic E-state index is 0.0814. The van der Waals surface area contributed by atoms with Crippen molar-refractivity contribution in [2.24, 2.45) is 0 Å². The fraction of sp³-hybridized carbons (Fsp3) is 0.350. The van der Waals surface area contributed by atoms with Crippen molar-refractivity contribution in [2.75, 3.05) is 20.3 Å². The number of methoxy groups -OCH3 is 1. The molecule has 1 aromatic carbocycles. The standard InChI is InChI=1S/C20H23FN4O2/c1-12-17(11-18(26)22-9-10-27-4)14(3)25-20(23-12)19(13(2)24-25)15-5-7-16(21)8-6-15/h5-8H,9-11H2,1-4H3,(H,22,26). The molecule has 0 atom stereocenters. The van der Waals surface area contributed by atoms with Crippen molar-refractivity contribution in [3.63, 3.8) is 0 Å². The summed E-state index contributed by atoms with van der Waals surface area (Å²) in [7, 11) is 1.59. The minimum Gasteiger partial charge on any atom is -0.383 e. The van der Waals surface area contributed by atoms with E-state index < -0.39 is 0 Å². The first kappa shape index (κ1) is 19.0. The number of fused-ring (bicyclic) bond motifs is 1. The highest BCUT2D eigenvalue weighted by molar-refractivity contribution is 5.82. The molecule has 0 saturated carbocycles. The van der Waals surface area contributed by atoms with Gasteiger partial charge in [0.15, 0.2) is 5.65 Å². The Morgan fingerprint density at radius 2 is 1.89 bits per heavy atom. The number of halogens is 1. The number of ether oxygens (including phenoxy) is 1. The average Bonchev–Trinajstić information content (AvgIpc) is 2.96. The molecule has 0 saturated heterocycles. The van der Waals surface area contributed by atoms with Crippen LogP contribution in [0.4, 0.5) is 4.39 Å². The molecular formula is C20H23FN4O2. The number of nitrogens with zero attached hydrogens (tertiary/aromatic N) is 3. The van der Waals surface area contributed by atoms with Crippen molar-refractivity contribution in [2.45, 2.75) is 27.2 Å². The molecule has 2 heterocycles. The van der Waals surface area contributed by atoms with E-state index in [0.29, 0.717) is 18.8 Å². The van der Waals surface area contributed by atoms with E-state index in [9.17, 15) is 9.18 Å². The van der Waals surface area contributed by atoms with Crippen LogP contribution in [-0.2, 0) is 16.0 Å². The normalized spacial score (nSPS) is 11.1. The topological polar surface area (TPSA) is 68.5 Å². The van der Waals surface area contributed by atoms with Gasteiger partial charge >= 0.3 is 0 Å². The first-order valence-electron chi connectivity index (χ1n) is 8.79. The Kier molecular flexibility index (Phi) is 5.51. The predicted molar refractivity (Wildman–Crippen MR) is 101 cm³/mol. The number of rotatable bonds is 6. The summed E-state index contributed by atoms with van der Waals surface area (Å²) in [6.07, 6.45) is 0.231. The van der Waals surface area contributed by atoms with Gasteiger partial charge in [0.05, 0.1) is 18.7 Å². The van der Waals surface area contributed by atoms with E-state index in [1.807, 2.05) is 20.8 Å². The number of amides is 1. The molecule has 7 heteroatoms. The molecule has 3 aromatic rings. The molecule has 142 valence electrons. The maximum atomic E-state index is 13.3. The van der Waals surface area contributed by atoms with Gasteiger partial charge in [0.2, 0.25) is 5.91 Å². The summed E-state index contributed by atoms with van der Waals surface area (Å²) in [5, 5.41) is 7.43. The highest BCUT2D eigenvalue weighted by Gasteiger charge is 2.19. The van der Waals surface area contributed by atoms with E-state index in [1.165, 1.54) is 12.1 Å². The lowest BCUT2D eigenvalue weighted by atomic mass is 10.1. The number of carbonyl (C=O) groups is 1. The van der Waals surface area contributed by atoms with Crippen LogP contribution in [0.2, 0.25) is 0 Å². The van der Waals surface area contributed by atoms with Crippen LogP contribution < -0.4 is 5.32 Å². The van der Waals surface area contributed by atoms with Crippen LogP contribution in [0.1, 0.15) is 22.6 Å². The van der Waals surface area contributed by atoms with Gasteiger partial charge in [-0.15, -0.1) is 0 Å². The second kappa shape index (κ2) is 7.84. The molecule has 6 nitrogen and oxygen atoms in total. The lowest BCUT2D eigenvalue weighted by Crippen LogP contribution is -2.29. The van der Waals surface area contributed by atoms with Crippen molar-refractivity contribution in [3.8, 4) is 11.1 Å². The Morgan fingerprint density at radius 3 is 2.56 bits per heavy atom. The second-order valence-corrected chi connectivity index (χ2v) is 6.48. The van der Waals surface area contributed by atoms with Gasteiger partial charge in [-0.3, -0.25) is 4.79 Å². The third-order valence-corrected chi connectivity index (χ3v) is 4.60. The first-order chi connectivity index (χ1) is 12.9. The quantitative estimate of drug-likeness (QED) is 0.678. The van der Waals surface area contributed by atoms with Crippen LogP contribution >= 0.6 is 0 Å². The van der Waals surface area contributed by atoms with Crippen molar-refractivity contribution in [3.05, 3.63) is 52.7 Å². The largest absolute Gasteiger partial charge is 0.383 e. The molecule has 0 aliphatic carbocycles. The lowest BCUT2D eigenvalue weighted by Gasteiger charge is -2.12. The zero-order valence-electron chi connectivity index (χ0n) is 16.0. The zero-order valence-corrected chi connectivity index (χ0v) is 16.0. The van der Waals surface area contributed by atoms with Crippen molar-refractivity contribution < 1.29 is 13.9 Å². The number of aromatic nitrogens is 3. The smallest absolute Gasteiger partial charge is 0.224 e. The predicted octanol–water partition coefficient (Wildman–Crippen LogP) is 2.77. The molecule has 0 fully saturated rings. The van der Waals surface area contributed by atoms with Gasteiger partial charge in [-0.2, -0.15) is 5.10 Å². The van der Waals surface area contributed by atoms with Gasteiger partial charge < -0.3 is 10.1 Å². The molecule has 0 unspecified atom stereocenters. The molecule has 1 amide bonds. The molecule has 0 aliphatic rings. The van der Waals surface area contributed by atoms with Gasteiger partial charge in [-0.05, 0) is 38.5 Å². The van der Waals surface area contributed by atoms with Crippen molar-refractivity contribution in [1.82, 2.24) is 19.9 Å². The summed E-state index contributed by atoms with van der Waals surface area (Å²) in [6, 6.07) is 6.30. The Morgan fingerprint density at radius 1 is 1.19 bits per heavy atom. The minimum atomic E-state index is -0.282. The van der Waals surface area contributed by atoms with E-state index in [0.717, 1.165) is 33.8 Å². The molecule has 0 bridgehead atoms. The first-order valence-corrected chi connectivity index (χ1v) is 8.79. The van der Waals surface area contributed by atoms with Crippen molar-refractivity contribution >= 4 is 11.6 Å². The third-order valence-electron chi connectivity index (χ3n) is 4.60. The number of hydrogen-bond acceptors (Lipinski definition) is 4. The summed E-state index contributed by atoms with van der Waals surface area (Å²) in [5.41, 5.74) is 5.75. The summed E-state index contributed by atoms with van der Waals surface area (Å²) >= 11 is 0. The average molecular weight is 370 g/mol. The fourth-order valence-corrected chi connectivity index (χ4v) is 3.19. The monoisotopic (exact) mass is 370 g/mol.